The summed E-state index contributed by atoms with van der Waals surface area (Å²) in [4.78, 5) is 42.1. The lowest BCUT2D eigenvalue weighted by Crippen LogP contribution is -2.42. The number of piperidine rings is 1. The summed E-state index contributed by atoms with van der Waals surface area (Å²) < 4.78 is 7.41. The molecule has 2 fully saturated rings. The molecule has 1 atom stereocenters. The van der Waals surface area contributed by atoms with Crippen molar-refractivity contribution in [3.63, 3.8) is 0 Å². The summed E-state index contributed by atoms with van der Waals surface area (Å²) >= 11 is 6.55. The number of pyridine rings is 1. The van der Waals surface area contributed by atoms with E-state index in [0.717, 1.165) is 19.4 Å². The van der Waals surface area contributed by atoms with Gasteiger partial charge in [-0.3, -0.25) is 23.9 Å². The molecular formula is C24H30N4O4S2. The lowest BCUT2D eigenvalue weighted by atomic mass is 9.98. The fourth-order valence-electron chi connectivity index (χ4n) is 4.30. The SMILES string of the molecule is CCOC(=O)C1CCCN(c2cc(C)c(C#N)c(=O)n2CCCC=C2SC(=S)N(CC)C2=O)C1. The van der Waals surface area contributed by atoms with Crippen LogP contribution in [0.5, 0.6) is 0 Å². The molecule has 3 rings (SSSR count). The molecule has 0 bridgehead atoms. The van der Waals surface area contributed by atoms with E-state index in [9.17, 15) is 19.6 Å². The highest BCUT2D eigenvalue weighted by Crippen LogP contribution is 2.31. The molecule has 2 saturated heterocycles. The number of likely N-dealkylation sites (N-methyl/N-ethyl adjacent to an activating group) is 1. The van der Waals surface area contributed by atoms with Crippen LogP contribution in [0.15, 0.2) is 21.8 Å². The van der Waals surface area contributed by atoms with Crippen LogP contribution in [-0.2, 0) is 20.9 Å². The first-order valence-corrected chi connectivity index (χ1v) is 12.8. The molecule has 0 aliphatic carbocycles. The second kappa shape index (κ2) is 11.7. The average molecular weight is 503 g/mol. The third-order valence-electron chi connectivity index (χ3n) is 6.06. The van der Waals surface area contributed by atoms with Gasteiger partial charge in [0.15, 0.2) is 0 Å². The lowest BCUT2D eigenvalue weighted by Gasteiger charge is -2.35. The van der Waals surface area contributed by atoms with Crippen molar-refractivity contribution in [2.24, 2.45) is 5.92 Å². The quantitative estimate of drug-likeness (QED) is 0.231. The number of amides is 1. The molecule has 0 N–H and O–H groups in total. The number of thiocarbonyl (C=S) groups is 1. The summed E-state index contributed by atoms with van der Waals surface area (Å²) in [5.41, 5.74) is 0.430. The molecule has 0 radical (unpaired) electrons. The molecule has 1 aromatic rings. The summed E-state index contributed by atoms with van der Waals surface area (Å²) in [5.74, 6) is 0.188. The van der Waals surface area contributed by atoms with Gasteiger partial charge in [-0.2, -0.15) is 5.26 Å². The van der Waals surface area contributed by atoms with Crippen LogP contribution in [0, 0.1) is 24.2 Å². The largest absolute Gasteiger partial charge is 0.466 e. The van der Waals surface area contributed by atoms with E-state index in [2.05, 4.69) is 0 Å². The zero-order valence-corrected chi connectivity index (χ0v) is 21.5. The van der Waals surface area contributed by atoms with Gasteiger partial charge in [0, 0.05) is 26.2 Å². The first kappa shape index (κ1) is 26.0. The number of hydrogen-bond acceptors (Lipinski definition) is 8. The molecule has 1 amide bonds. The highest BCUT2D eigenvalue weighted by Gasteiger charge is 2.31. The maximum absolute atomic E-state index is 13.2. The van der Waals surface area contributed by atoms with Crippen LogP contribution in [0.1, 0.15) is 50.7 Å². The Morgan fingerprint density at radius 1 is 1.38 bits per heavy atom. The Balaban J connectivity index is 1.80. The van der Waals surface area contributed by atoms with E-state index in [1.54, 1.807) is 23.3 Å². The Morgan fingerprint density at radius 2 is 2.15 bits per heavy atom. The number of carbonyl (C=O) groups excluding carboxylic acids is 2. The van der Waals surface area contributed by atoms with Gasteiger partial charge in [-0.1, -0.05) is 30.1 Å². The Morgan fingerprint density at radius 3 is 2.79 bits per heavy atom. The normalized spacial score (nSPS) is 19.6. The number of nitriles is 1. The molecule has 0 aromatic carbocycles. The lowest BCUT2D eigenvalue weighted by molar-refractivity contribution is -0.148. The van der Waals surface area contributed by atoms with Gasteiger partial charge >= 0.3 is 5.97 Å². The zero-order valence-electron chi connectivity index (χ0n) is 19.8. The molecule has 182 valence electrons. The van der Waals surface area contributed by atoms with Crippen molar-refractivity contribution in [3.8, 4) is 6.07 Å². The second-order valence-electron chi connectivity index (χ2n) is 8.29. The van der Waals surface area contributed by atoms with Crippen molar-refractivity contribution in [1.82, 2.24) is 9.47 Å². The number of aromatic nitrogens is 1. The van der Waals surface area contributed by atoms with Gasteiger partial charge < -0.3 is 9.64 Å². The van der Waals surface area contributed by atoms with E-state index in [0.29, 0.717) is 59.7 Å². The number of unbranched alkanes of at least 4 members (excludes halogenated alkanes) is 1. The first-order chi connectivity index (χ1) is 16.3. The van der Waals surface area contributed by atoms with Gasteiger partial charge in [-0.15, -0.1) is 0 Å². The fourth-order valence-corrected chi connectivity index (χ4v) is 5.69. The maximum Gasteiger partial charge on any atom is 0.310 e. The third kappa shape index (κ3) is 5.53. The summed E-state index contributed by atoms with van der Waals surface area (Å²) in [7, 11) is 0. The Bertz CT molecular complexity index is 1110. The van der Waals surface area contributed by atoms with Crippen LogP contribution in [0.3, 0.4) is 0 Å². The van der Waals surface area contributed by atoms with Crippen LogP contribution < -0.4 is 10.5 Å². The molecule has 2 aliphatic rings. The van der Waals surface area contributed by atoms with Gasteiger partial charge in [0.05, 0.1) is 17.4 Å². The molecule has 3 heterocycles. The number of esters is 1. The molecule has 2 aliphatic heterocycles. The first-order valence-electron chi connectivity index (χ1n) is 11.6. The van der Waals surface area contributed by atoms with Crippen molar-refractivity contribution in [2.45, 2.75) is 53.0 Å². The molecule has 1 unspecified atom stereocenters. The van der Waals surface area contributed by atoms with E-state index < -0.39 is 0 Å². The van der Waals surface area contributed by atoms with E-state index in [1.165, 1.54) is 11.8 Å². The van der Waals surface area contributed by atoms with Crippen molar-refractivity contribution in [3.05, 3.63) is 38.5 Å². The minimum absolute atomic E-state index is 0.0733. The number of allylic oxidation sites excluding steroid dienone is 1. The molecule has 34 heavy (non-hydrogen) atoms. The Hall–Kier alpha value is -2.64. The number of anilines is 1. The van der Waals surface area contributed by atoms with Gasteiger partial charge in [0.1, 0.15) is 21.8 Å². The second-order valence-corrected chi connectivity index (χ2v) is 9.97. The smallest absolute Gasteiger partial charge is 0.310 e. The zero-order chi connectivity index (χ0) is 24.8. The van der Waals surface area contributed by atoms with E-state index >= 15 is 0 Å². The standard InChI is InChI=1S/C24H30N4O4S2/c1-4-27-22(30)19(34-24(27)33)10-6-7-12-28-20(13-16(3)18(14-25)21(28)29)26-11-8-9-17(15-26)23(31)32-5-2/h10,13,17H,4-9,11-12,15H2,1-3H3. The number of hydrogen-bond donors (Lipinski definition) is 0. The molecule has 1 aromatic heterocycles. The van der Waals surface area contributed by atoms with Crippen LogP contribution >= 0.6 is 24.0 Å². The highest BCUT2D eigenvalue weighted by molar-refractivity contribution is 8.26. The number of ether oxygens (including phenoxy) is 1. The number of thioether (sulfide) groups is 1. The van der Waals surface area contributed by atoms with Gasteiger partial charge in [0.2, 0.25) is 0 Å². The van der Waals surface area contributed by atoms with Crippen LogP contribution in [0.2, 0.25) is 0 Å². The fraction of sp³-hybridized carbons (Fsp3) is 0.542. The van der Waals surface area contributed by atoms with Gasteiger partial charge in [0.25, 0.3) is 11.5 Å². The predicted octanol–water partition coefficient (Wildman–Crippen LogP) is 3.35. The summed E-state index contributed by atoms with van der Waals surface area (Å²) in [6.45, 7) is 7.92. The van der Waals surface area contributed by atoms with Crippen molar-refractivity contribution >= 4 is 46.0 Å². The molecule has 10 heteroatoms. The number of carbonyl (C=O) groups is 2. The van der Waals surface area contributed by atoms with Crippen molar-refractivity contribution in [1.29, 1.82) is 5.26 Å². The molecule has 0 spiro atoms. The van der Waals surface area contributed by atoms with Gasteiger partial charge in [-0.25, -0.2) is 0 Å². The molecule has 8 nitrogen and oxygen atoms in total. The number of aryl methyl sites for hydroxylation is 1. The maximum atomic E-state index is 13.2. The van der Waals surface area contributed by atoms with Crippen molar-refractivity contribution in [2.75, 3.05) is 31.1 Å². The summed E-state index contributed by atoms with van der Waals surface area (Å²) in [5, 5.41) is 9.51. The Labute approximate surface area is 209 Å². The van der Waals surface area contributed by atoms with Crippen molar-refractivity contribution < 1.29 is 14.3 Å². The molecule has 0 saturated carbocycles. The number of nitrogens with zero attached hydrogens (tertiary/aromatic N) is 4. The monoisotopic (exact) mass is 502 g/mol. The number of rotatable bonds is 8. The van der Waals surface area contributed by atoms with E-state index in [1.807, 2.05) is 30.0 Å². The van der Waals surface area contributed by atoms with Gasteiger partial charge in [-0.05, 0) is 58.1 Å². The summed E-state index contributed by atoms with van der Waals surface area (Å²) in [6, 6.07) is 3.89. The third-order valence-corrected chi connectivity index (χ3v) is 7.48. The highest BCUT2D eigenvalue weighted by atomic mass is 32.2. The van der Waals surface area contributed by atoms with Crippen LogP contribution in [-0.4, -0.2) is 51.9 Å². The topological polar surface area (TPSA) is 95.6 Å². The minimum atomic E-state index is -0.326. The van der Waals surface area contributed by atoms with Crippen LogP contribution in [0.4, 0.5) is 5.82 Å². The average Bonchev–Trinajstić information content (AvgIpc) is 3.10. The van der Waals surface area contributed by atoms with E-state index in [4.69, 9.17) is 17.0 Å². The predicted molar refractivity (Wildman–Crippen MR) is 137 cm³/mol. The Kier molecular flexibility index (Phi) is 8.91. The minimum Gasteiger partial charge on any atom is -0.466 e. The molecular weight excluding hydrogens is 472 g/mol. The van der Waals surface area contributed by atoms with Crippen LogP contribution in [0.25, 0.3) is 0 Å². The van der Waals surface area contributed by atoms with E-state index in [-0.39, 0.29) is 28.9 Å². The summed E-state index contributed by atoms with van der Waals surface area (Å²) in [6.07, 6.45) is 4.66.